The molecule has 5 nitrogen and oxygen atoms in total. The van der Waals surface area contributed by atoms with Gasteiger partial charge in [-0.25, -0.2) is 13.2 Å². The molecule has 1 aromatic heterocycles. The Labute approximate surface area is 152 Å². The van der Waals surface area contributed by atoms with Crippen molar-refractivity contribution < 1.29 is 22.7 Å². The Morgan fingerprint density at radius 3 is 2.50 bits per heavy atom. The van der Waals surface area contributed by atoms with E-state index in [0.29, 0.717) is 11.8 Å². The number of ether oxygens (including phenoxy) is 1. The summed E-state index contributed by atoms with van der Waals surface area (Å²) >= 11 is 1.23. The van der Waals surface area contributed by atoms with E-state index >= 15 is 0 Å². The largest absolute Gasteiger partial charge is 0.466 e. The van der Waals surface area contributed by atoms with Crippen LogP contribution in [-0.4, -0.2) is 27.9 Å². The van der Waals surface area contributed by atoms with Gasteiger partial charge in [0.25, 0.3) is 5.56 Å². The minimum absolute atomic E-state index is 0.0758. The highest BCUT2D eigenvalue weighted by molar-refractivity contribution is 7.99. The Morgan fingerprint density at radius 1 is 1.15 bits per heavy atom. The van der Waals surface area contributed by atoms with Crippen molar-refractivity contribution in [1.82, 2.24) is 9.55 Å². The summed E-state index contributed by atoms with van der Waals surface area (Å²) < 4.78 is 46.7. The number of nitrogens with zero attached hydrogens (tertiary/aromatic N) is 2. The SMILES string of the molecule is CCOC(=O)Cc1cn(Cc2cc(F)c(F)cc2F)c(SCC)nc1=O. The molecule has 0 aliphatic rings. The van der Waals surface area contributed by atoms with E-state index in [1.165, 1.54) is 22.5 Å². The van der Waals surface area contributed by atoms with Crippen LogP contribution < -0.4 is 5.56 Å². The zero-order valence-corrected chi connectivity index (χ0v) is 15.0. The second kappa shape index (κ2) is 8.88. The quantitative estimate of drug-likeness (QED) is 0.317. The molecule has 0 saturated heterocycles. The summed E-state index contributed by atoms with van der Waals surface area (Å²) in [6, 6.07) is 1.22. The maximum absolute atomic E-state index is 13.9. The van der Waals surface area contributed by atoms with Gasteiger partial charge < -0.3 is 9.30 Å². The summed E-state index contributed by atoms with van der Waals surface area (Å²) in [5, 5.41) is 0.286. The minimum atomic E-state index is -1.28. The van der Waals surface area contributed by atoms with Crippen LogP contribution in [-0.2, 0) is 22.5 Å². The number of benzene rings is 1. The molecule has 0 aliphatic heterocycles. The predicted octanol–water partition coefficient (Wildman–Crippen LogP) is 2.93. The molecule has 1 heterocycles. The molecule has 26 heavy (non-hydrogen) atoms. The number of thioether (sulfide) groups is 1. The van der Waals surface area contributed by atoms with Crippen molar-refractivity contribution in [2.75, 3.05) is 12.4 Å². The van der Waals surface area contributed by atoms with Crippen LogP contribution in [0, 0.1) is 17.5 Å². The molecular formula is C17H17F3N2O3S. The molecule has 140 valence electrons. The average molecular weight is 386 g/mol. The van der Waals surface area contributed by atoms with E-state index in [1.54, 1.807) is 6.92 Å². The van der Waals surface area contributed by atoms with Crippen LogP contribution in [0.3, 0.4) is 0 Å². The average Bonchev–Trinajstić information content (AvgIpc) is 2.57. The smallest absolute Gasteiger partial charge is 0.310 e. The zero-order valence-electron chi connectivity index (χ0n) is 14.2. The Bertz CT molecular complexity index is 871. The van der Waals surface area contributed by atoms with Crippen molar-refractivity contribution in [1.29, 1.82) is 0 Å². The molecule has 0 spiro atoms. The lowest BCUT2D eigenvalue weighted by molar-refractivity contribution is -0.142. The second-order valence-corrected chi connectivity index (χ2v) is 6.49. The molecule has 0 bridgehead atoms. The van der Waals surface area contributed by atoms with Gasteiger partial charge in [-0.3, -0.25) is 9.59 Å². The van der Waals surface area contributed by atoms with Crippen molar-refractivity contribution in [2.24, 2.45) is 0 Å². The Kier molecular flexibility index (Phi) is 6.84. The van der Waals surface area contributed by atoms with Gasteiger partial charge in [-0.05, 0) is 18.7 Å². The van der Waals surface area contributed by atoms with E-state index in [2.05, 4.69) is 4.98 Å². The van der Waals surface area contributed by atoms with Crippen molar-refractivity contribution in [3.05, 3.63) is 57.3 Å². The fraction of sp³-hybridized carbons (Fsp3) is 0.353. The topological polar surface area (TPSA) is 61.2 Å². The van der Waals surface area contributed by atoms with Crippen molar-refractivity contribution in [3.63, 3.8) is 0 Å². The van der Waals surface area contributed by atoms with Gasteiger partial charge in [0.05, 0.1) is 19.6 Å². The van der Waals surface area contributed by atoms with Crippen LogP contribution >= 0.6 is 11.8 Å². The highest BCUT2D eigenvalue weighted by Crippen LogP contribution is 2.19. The van der Waals surface area contributed by atoms with Gasteiger partial charge in [-0.1, -0.05) is 18.7 Å². The van der Waals surface area contributed by atoms with E-state index in [-0.39, 0.29) is 35.9 Å². The van der Waals surface area contributed by atoms with Crippen molar-refractivity contribution in [2.45, 2.75) is 32.0 Å². The lowest BCUT2D eigenvalue weighted by Crippen LogP contribution is -2.23. The number of carbonyl (C=O) groups excluding carboxylic acids is 1. The predicted molar refractivity (Wildman–Crippen MR) is 90.7 cm³/mol. The molecule has 2 rings (SSSR count). The number of halogens is 3. The molecule has 1 aromatic carbocycles. The summed E-state index contributed by atoms with van der Waals surface area (Å²) in [4.78, 5) is 27.6. The van der Waals surface area contributed by atoms with Crippen LogP contribution in [0.15, 0.2) is 28.3 Å². The van der Waals surface area contributed by atoms with Crippen LogP contribution in [0.2, 0.25) is 0 Å². The first-order valence-corrected chi connectivity index (χ1v) is 8.86. The van der Waals surface area contributed by atoms with Crippen LogP contribution in [0.5, 0.6) is 0 Å². The zero-order chi connectivity index (χ0) is 19.3. The molecule has 2 aromatic rings. The summed E-state index contributed by atoms with van der Waals surface area (Å²) in [7, 11) is 0. The summed E-state index contributed by atoms with van der Waals surface area (Å²) in [6.45, 7) is 3.48. The van der Waals surface area contributed by atoms with Gasteiger partial charge in [-0.15, -0.1) is 0 Å². The maximum Gasteiger partial charge on any atom is 0.310 e. The number of rotatable bonds is 7. The molecule has 9 heteroatoms. The van der Waals surface area contributed by atoms with E-state index in [4.69, 9.17) is 4.74 Å². The molecule has 0 amide bonds. The molecule has 0 aliphatic carbocycles. The fourth-order valence-electron chi connectivity index (χ4n) is 2.24. The summed E-state index contributed by atoms with van der Waals surface area (Å²) in [6.07, 6.45) is 1.09. The Morgan fingerprint density at radius 2 is 1.85 bits per heavy atom. The van der Waals surface area contributed by atoms with E-state index in [0.717, 1.165) is 6.07 Å². The van der Waals surface area contributed by atoms with Crippen molar-refractivity contribution >= 4 is 17.7 Å². The molecular weight excluding hydrogens is 369 g/mol. The maximum atomic E-state index is 13.9. The van der Waals surface area contributed by atoms with Crippen LogP contribution in [0.4, 0.5) is 13.2 Å². The highest BCUT2D eigenvalue weighted by atomic mass is 32.2. The third-order valence-corrected chi connectivity index (χ3v) is 4.25. The van der Waals surface area contributed by atoms with Gasteiger partial charge in [0.2, 0.25) is 0 Å². The van der Waals surface area contributed by atoms with Gasteiger partial charge in [0.15, 0.2) is 16.8 Å². The second-order valence-electron chi connectivity index (χ2n) is 5.25. The number of aromatic nitrogens is 2. The van der Waals surface area contributed by atoms with Gasteiger partial charge in [0, 0.05) is 23.4 Å². The first-order chi connectivity index (χ1) is 12.3. The summed E-state index contributed by atoms with van der Waals surface area (Å²) in [5.41, 5.74) is -0.614. The first-order valence-electron chi connectivity index (χ1n) is 7.87. The minimum Gasteiger partial charge on any atom is -0.466 e. The third-order valence-electron chi connectivity index (χ3n) is 3.37. The van der Waals surface area contributed by atoms with Crippen molar-refractivity contribution in [3.8, 4) is 0 Å². The number of carbonyl (C=O) groups is 1. The normalized spacial score (nSPS) is 10.8. The lowest BCUT2D eigenvalue weighted by atomic mass is 10.2. The molecule has 0 unspecified atom stereocenters. The van der Waals surface area contributed by atoms with Crippen LogP contribution in [0.1, 0.15) is 25.0 Å². The molecule has 0 N–H and O–H groups in total. The van der Waals surface area contributed by atoms with Gasteiger partial charge >= 0.3 is 5.97 Å². The van der Waals surface area contributed by atoms with E-state index in [9.17, 15) is 22.8 Å². The fourth-order valence-corrected chi connectivity index (χ4v) is 2.92. The number of hydrogen-bond donors (Lipinski definition) is 0. The first kappa shape index (κ1) is 20.0. The number of hydrogen-bond acceptors (Lipinski definition) is 5. The highest BCUT2D eigenvalue weighted by Gasteiger charge is 2.16. The lowest BCUT2D eigenvalue weighted by Gasteiger charge is -2.14. The summed E-state index contributed by atoms with van der Waals surface area (Å²) in [5.74, 6) is -3.37. The van der Waals surface area contributed by atoms with Gasteiger partial charge in [0.1, 0.15) is 5.82 Å². The molecule has 0 fully saturated rings. The third kappa shape index (κ3) is 4.87. The number of esters is 1. The molecule has 0 saturated carbocycles. The standard InChI is InChI=1S/C17H17F3N2O3S/c1-3-25-15(23)6-11-9-22(17(26-4-2)21-16(11)24)8-10-5-13(19)14(20)7-12(10)18/h5,7,9H,3-4,6,8H2,1-2H3. The molecule has 0 atom stereocenters. The molecule has 0 radical (unpaired) electrons. The van der Waals surface area contributed by atoms with Crippen LogP contribution in [0.25, 0.3) is 0 Å². The van der Waals surface area contributed by atoms with E-state index in [1.807, 2.05) is 6.92 Å². The van der Waals surface area contributed by atoms with Gasteiger partial charge in [-0.2, -0.15) is 4.98 Å². The monoisotopic (exact) mass is 386 g/mol. The Balaban J connectivity index is 2.43. The van der Waals surface area contributed by atoms with E-state index < -0.39 is 29.0 Å². The Hall–Kier alpha value is -2.29.